The Morgan fingerprint density at radius 1 is 1.03 bits per heavy atom. The first-order chi connectivity index (χ1) is 16.7. The number of nitrogens with zero attached hydrogens (tertiary/aromatic N) is 1. The van der Waals surface area contributed by atoms with Gasteiger partial charge in [-0.25, -0.2) is 14.5 Å². The van der Waals surface area contributed by atoms with Gasteiger partial charge in [0, 0.05) is 4.47 Å². The fraction of sp³-hybridized carbons (Fsp3) is 0.0400. The lowest BCUT2D eigenvalue weighted by molar-refractivity contribution is -0.122. The average Bonchev–Trinajstić information content (AvgIpc) is 2.82. The molecule has 4 rings (SSSR count). The van der Waals surface area contributed by atoms with Crippen LogP contribution in [0.4, 0.5) is 10.5 Å². The summed E-state index contributed by atoms with van der Waals surface area (Å²) >= 11 is 9.72. The molecule has 0 aromatic heterocycles. The summed E-state index contributed by atoms with van der Waals surface area (Å²) in [6.07, 6.45) is 1.31. The first-order valence-electron chi connectivity index (χ1n) is 10.1. The molecule has 0 spiro atoms. The largest absolute Gasteiger partial charge is 0.487 e. The van der Waals surface area contributed by atoms with Crippen LogP contribution in [0.15, 0.2) is 76.8 Å². The van der Waals surface area contributed by atoms with Crippen LogP contribution in [0, 0.1) is 0 Å². The van der Waals surface area contributed by atoms with Crippen LogP contribution in [0.2, 0.25) is 5.02 Å². The minimum absolute atomic E-state index is 0.0115. The summed E-state index contributed by atoms with van der Waals surface area (Å²) in [4.78, 5) is 49.5. The van der Waals surface area contributed by atoms with Gasteiger partial charge in [-0.1, -0.05) is 45.7 Å². The van der Waals surface area contributed by atoms with Crippen molar-refractivity contribution in [2.24, 2.45) is 0 Å². The number of barbiturate groups is 1. The maximum atomic E-state index is 13.0. The third kappa shape index (κ3) is 5.42. The van der Waals surface area contributed by atoms with Crippen LogP contribution in [-0.2, 0) is 16.2 Å². The van der Waals surface area contributed by atoms with Crippen LogP contribution in [-0.4, -0.2) is 28.9 Å². The molecule has 0 aliphatic carbocycles. The number of benzene rings is 3. The molecular weight excluding hydrogens is 540 g/mol. The molecular formula is C25H16BrClN2O6. The summed E-state index contributed by atoms with van der Waals surface area (Å²) in [6, 6.07) is 16.6. The molecule has 0 saturated carbocycles. The molecule has 1 saturated heterocycles. The second kappa shape index (κ2) is 10.1. The molecule has 3 aromatic carbocycles. The van der Waals surface area contributed by atoms with E-state index in [-0.39, 0.29) is 21.8 Å². The molecule has 35 heavy (non-hydrogen) atoms. The standard InChI is InChI=1S/C25H16BrClN2O6/c26-17-6-1-14(2-7-17)13-35-21-10-3-15(12-20(21)27)11-19-22(30)28-25(34)29(23(19)31)18-8-4-16(5-9-18)24(32)33/h1-12H,13H2,(H,32,33)(H,28,30,34)/b19-11+. The lowest BCUT2D eigenvalue weighted by Crippen LogP contribution is -2.54. The highest BCUT2D eigenvalue weighted by Crippen LogP contribution is 2.29. The topological polar surface area (TPSA) is 113 Å². The fourth-order valence-electron chi connectivity index (χ4n) is 3.28. The number of amides is 4. The summed E-state index contributed by atoms with van der Waals surface area (Å²) in [6.45, 7) is 0.298. The number of aromatic carboxylic acids is 1. The molecule has 0 atom stereocenters. The van der Waals surface area contributed by atoms with Crippen LogP contribution < -0.4 is 15.0 Å². The Morgan fingerprint density at radius 3 is 2.34 bits per heavy atom. The number of carboxylic acids is 1. The summed E-state index contributed by atoms with van der Waals surface area (Å²) < 4.78 is 6.71. The molecule has 0 bridgehead atoms. The summed E-state index contributed by atoms with van der Waals surface area (Å²) in [5.41, 5.74) is 1.21. The van der Waals surface area contributed by atoms with Gasteiger partial charge in [-0.3, -0.25) is 14.9 Å². The van der Waals surface area contributed by atoms with E-state index in [4.69, 9.17) is 21.4 Å². The van der Waals surface area contributed by atoms with Crippen LogP contribution in [0.25, 0.3) is 6.08 Å². The number of nitrogens with one attached hydrogen (secondary N) is 1. The first kappa shape index (κ1) is 24.2. The highest BCUT2D eigenvalue weighted by Gasteiger charge is 2.36. The predicted molar refractivity (Wildman–Crippen MR) is 132 cm³/mol. The van der Waals surface area contributed by atoms with Crippen LogP contribution in [0.1, 0.15) is 21.5 Å². The SMILES string of the molecule is O=C1NC(=O)N(c2ccc(C(=O)O)cc2)C(=O)/C1=C/c1ccc(OCc2ccc(Br)cc2)c(Cl)c1. The molecule has 1 aliphatic heterocycles. The van der Waals surface area contributed by atoms with Gasteiger partial charge >= 0.3 is 12.0 Å². The zero-order valence-electron chi connectivity index (χ0n) is 17.8. The van der Waals surface area contributed by atoms with E-state index in [0.717, 1.165) is 14.9 Å². The number of hydrogen-bond donors (Lipinski definition) is 2. The van der Waals surface area contributed by atoms with E-state index in [0.29, 0.717) is 17.9 Å². The number of halogens is 2. The number of anilines is 1. The molecule has 10 heteroatoms. The molecule has 1 heterocycles. The van der Waals surface area contributed by atoms with E-state index in [2.05, 4.69) is 21.2 Å². The third-order valence-corrected chi connectivity index (χ3v) is 5.87. The molecule has 4 amide bonds. The molecule has 0 radical (unpaired) electrons. The van der Waals surface area contributed by atoms with Crippen molar-refractivity contribution in [1.29, 1.82) is 0 Å². The Labute approximate surface area is 212 Å². The Hall–Kier alpha value is -3.95. The van der Waals surface area contributed by atoms with Crippen molar-refractivity contribution in [2.75, 3.05) is 4.90 Å². The Bertz CT molecular complexity index is 1370. The van der Waals surface area contributed by atoms with Crippen LogP contribution in [0.3, 0.4) is 0 Å². The molecule has 1 aliphatic rings. The fourth-order valence-corrected chi connectivity index (χ4v) is 3.79. The third-order valence-electron chi connectivity index (χ3n) is 5.05. The van der Waals surface area contributed by atoms with Crippen molar-refractivity contribution < 1.29 is 29.0 Å². The number of carbonyl (C=O) groups excluding carboxylic acids is 3. The maximum absolute atomic E-state index is 13.0. The van der Waals surface area contributed by atoms with Crippen LogP contribution in [0.5, 0.6) is 5.75 Å². The Balaban J connectivity index is 1.55. The van der Waals surface area contributed by atoms with Crippen molar-refractivity contribution in [3.63, 3.8) is 0 Å². The molecule has 176 valence electrons. The number of rotatable bonds is 6. The lowest BCUT2D eigenvalue weighted by atomic mass is 10.1. The van der Waals surface area contributed by atoms with Crippen molar-refractivity contribution >= 4 is 63.1 Å². The van der Waals surface area contributed by atoms with E-state index < -0.39 is 23.8 Å². The first-order valence-corrected chi connectivity index (χ1v) is 11.3. The number of imide groups is 2. The number of carboxylic acid groups (broad SMARTS) is 1. The minimum atomic E-state index is -1.15. The average molecular weight is 556 g/mol. The van der Waals surface area contributed by atoms with Gasteiger partial charge in [-0.05, 0) is 65.7 Å². The Morgan fingerprint density at radius 2 is 1.71 bits per heavy atom. The van der Waals surface area contributed by atoms with E-state index in [1.54, 1.807) is 12.1 Å². The van der Waals surface area contributed by atoms with Gasteiger partial charge in [0.25, 0.3) is 11.8 Å². The van der Waals surface area contributed by atoms with Crippen LogP contribution >= 0.6 is 27.5 Å². The number of hydrogen-bond acceptors (Lipinski definition) is 5. The zero-order chi connectivity index (χ0) is 25.1. The van der Waals surface area contributed by atoms with Crippen molar-refractivity contribution in [3.05, 3.63) is 98.5 Å². The van der Waals surface area contributed by atoms with Crippen molar-refractivity contribution in [1.82, 2.24) is 5.32 Å². The van der Waals surface area contributed by atoms with Gasteiger partial charge in [-0.2, -0.15) is 0 Å². The van der Waals surface area contributed by atoms with Gasteiger partial charge in [0.05, 0.1) is 16.3 Å². The number of ether oxygens (including phenoxy) is 1. The molecule has 1 fully saturated rings. The molecule has 8 nitrogen and oxygen atoms in total. The highest BCUT2D eigenvalue weighted by atomic mass is 79.9. The normalized spacial score (nSPS) is 14.7. The van der Waals surface area contributed by atoms with E-state index in [9.17, 15) is 19.2 Å². The van der Waals surface area contributed by atoms with E-state index >= 15 is 0 Å². The van der Waals surface area contributed by atoms with Gasteiger partial charge in [0.15, 0.2) is 0 Å². The summed E-state index contributed by atoms with van der Waals surface area (Å²) in [5.74, 6) is -2.44. The second-order valence-corrected chi connectivity index (χ2v) is 8.74. The Kier molecular flexibility index (Phi) is 6.99. The van der Waals surface area contributed by atoms with Crippen molar-refractivity contribution in [3.8, 4) is 5.75 Å². The van der Waals surface area contributed by atoms with Gasteiger partial charge in [0.2, 0.25) is 0 Å². The smallest absolute Gasteiger partial charge is 0.335 e. The van der Waals surface area contributed by atoms with Gasteiger partial charge < -0.3 is 9.84 Å². The maximum Gasteiger partial charge on any atom is 0.335 e. The minimum Gasteiger partial charge on any atom is -0.487 e. The predicted octanol–water partition coefficient (Wildman–Crippen LogP) is 5.05. The van der Waals surface area contributed by atoms with E-state index in [1.165, 1.54) is 36.4 Å². The highest BCUT2D eigenvalue weighted by molar-refractivity contribution is 9.10. The second-order valence-electron chi connectivity index (χ2n) is 7.41. The quantitative estimate of drug-likeness (QED) is 0.325. The van der Waals surface area contributed by atoms with Gasteiger partial charge in [-0.15, -0.1) is 0 Å². The van der Waals surface area contributed by atoms with Crippen molar-refractivity contribution in [2.45, 2.75) is 6.61 Å². The monoisotopic (exact) mass is 554 g/mol. The summed E-state index contributed by atoms with van der Waals surface area (Å²) in [5, 5.41) is 11.4. The van der Waals surface area contributed by atoms with E-state index in [1.807, 2.05) is 24.3 Å². The summed E-state index contributed by atoms with van der Waals surface area (Å²) in [7, 11) is 0. The molecule has 0 unspecified atom stereocenters. The lowest BCUT2D eigenvalue weighted by Gasteiger charge is -2.26. The molecule has 2 N–H and O–H groups in total. The molecule has 3 aromatic rings. The number of carbonyl (C=O) groups is 4. The van der Waals surface area contributed by atoms with Gasteiger partial charge in [0.1, 0.15) is 17.9 Å². The zero-order valence-corrected chi connectivity index (χ0v) is 20.2. The number of urea groups is 1.